The molecule has 0 unspecified atom stereocenters. The van der Waals surface area contributed by atoms with Gasteiger partial charge in [0.15, 0.2) is 17.0 Å². The zero-order chi connectivity index (χ0) is 23.8. The van der Waals surface area contributed by atoms with Crippen LogP contribution in [0.1, 0.15) is 57.2 Å². The van der Waals surface area contributed by atoms with E-state index in [1.54, 1.807) is 59.9 Å². The van der Waals surface area contributed by atoms with Crippen LogP contribution in [0, 0.1) is 0 Å². The molecule has 1 aromatic heterocycles. The molecule has 6 rings (SSSR count). The highest BCUT2D eigenvalue weighted by molar-refractivity contribution is 7.24. The fraction of sp³-hybridized carbons (Fsp3) is 0.100. The van der Waals surface area contributed by atoms with Gasteiger partial charge < -0.3 is 0 Å². The van der Waals surface area contributed by atoms with Gasteiger partial charge in [0.1, 0.15) is 0 Å². The summed E-state index contributed by atoms with van der Waals surface area (Å²) in [5.41, 5.74) is 3.44. The summed E-state index contributed by atoms with van der Waals surface area (Å²) in [7, 11) is 0. The van der Waals surface area contributed by atoms with Crippen LogP contribution in [0.25, 0.3) is 20.2 Å². The van der Waals surface area contributed by atoms with Crippen LogP contribution < -0.4 is 5.43 Å². The number of carbonyl (C=O) groups excluding carboxylic acids is 2. The van der Waals surface area contributed by atoms with Gasteiger partial charge in [0, 0.05) is 42.4 Å². The molecule has 166 valence electrons. The first-order valence-electron chi connectivity index (χ1n) is 11.2. The Morgan fingerprint density at radius 1 is 0.559 bits per heavy atom. The minimum Gasteiger partial charge on any atom is -0.289 e. The lowest BCUT2D eigenvalue weighted by atomic mass is 9.84. The van der Waals surface area contributed by atoms with E-state index in [9.17, 15) is 14.4 Å². The molecule has 0 fully saturated rings. The maximum absolute atomic E-state index is 12.5. The van der Waals surface area contributed by atoms with E-state index in [1.165, 1.54) is 5.56 Å². The summed E-state index contributed by atoms with van der Waals surface area (Å²) in [6, 6.07) is 27.8. The first-order valence-corrected chi connectivity index (χ1v) is 12.0. The Hall–Kier alpha value is -3.89. The van der Waals surface area contributed by atoms with Crippen LogP contribution in [-0.2, 0) is 0 Å². The van der Waals surface area contributed by atoms with Gasteiger partial charge in [-0.25, -0.2) is 0 Å². The summed E-state index contributed by atoms with van der Waals surface area (Å²) in [6.07, 6.45) is 0. The molecule has 1 aliphatic carbocycles. The zero-order valence-corrected chi connectivity index (χ0v) is 19.7. The van der Waals surface area contributed by atoms with Crippen molar-refractivity contribution < 1.29 is 9.59 Å². The highest BCUT2D eigenvalue weighted by Crippen LogP contribution is 2.31. The summed E-state index contributed by atoms with van der Waals surface area (Å²) >= 11 is 1.72. The number of ketones is 2. The van der Waals surface area contributed by atoms with Crippen molar-refractivity contribution in [3.8, 4) is 0 Å². The lowest BCUT2D eigenvalue weighted by Crippen LogP contribution is -2.20. The Morgan fingerprint density at radius 3 is 1.56 bits per heavy atom. The van der Waals surface area contributed by atoms with E-state index >= 15 is 0 Å². The van der Waals surface area contributed by atoms with Gasteiger partial charge in [-0.05, 0) is 29.7 Å². The first kappa shape index (κ1) is 21.9. The highest BCUT2D eigenvalue weighted by Gasteiger charge is 2.28. The standard InChI is InChI=1S/C16H14OS.C14H8O2/c1-10(2)11-7-5-8-13-15(17)12-6-3-4-9-14(12)18-16(11)13;15-13-9-5-1-2-6-10(9)14(16)12-8-4-3-7-11(12)13/h3-10H,1-2H3;1-8H. The van der Waals surface area contributed by atoms with E-state index in [1.807, 2.05) is 36.4 Å². The summed E-state index contributed by atoms with van der Waals surface area (Å²) < 4.78 is 2.21. The van der Waals surface area contributed by atoms with Crippen molar-refractivity contribution in [1.29, 1.82) is 0 Å². The average molecular weight is 463 g/mol. The van der Waals surface area contributed by atoms with Gasteiger partial charge in [0.05, 0.1) is 0 Å². The number of benzene rings is 4. The second-order valence-corrected chi connectivity index (χ2v) is 9.61. The molecule has 5 aromatic rings. The Balaban J connectivity index is 0.000000142. The average Bonchev–Trinajstić information content (AvgIpc) is 2.87. The van der Waals surface area contributed by atoms with E-state index in [4.69, 9.17) is 0 Å². The topological polar surface area (TPSA) is 51.2 Å². The van der Waals surface area contributed by atoms with E-state index in [-0.39, 0.29) is 17.0 Å². The predicted octanol–water partition coefficient (Wildman–Crippen LogP) is 7.00. The summed E-state index contributed by atoms with van der Waals surface area (Å²) in [6.45, 7) is 4.34. The molecule has 0 amide bonds. The molecule has 0 atom stereocenters. The Morgan fingerprint density at radius 2 is 1.03 bits per heavy atom. The largest absolute Gasteiger partial charge is 0.289 e. The van der Waals surface area contributed by atoms with E-state index in [2.05, 4.69) is 19.9 Å². The van der Waals surface area contributed by atoms with E-state index < -0.39 is 0 Å². The summed E-state index contributed by atoms with van der Waals surface area (Å²) in [5.74, 6) is 0.308. The lowest BCUT2D eigenvalue weighted by molar-refractivity contribution is 0.0979. The minimum absolute atomic E-state index is 0.0641. The van der Waals surface area contributed by atoms with Crippen LogP contribution in [0.15, 0.2) is 95.8 Å². The molecular weight excluding hydrogens is 440 g/mol. The predicted molar refractivity (Wildman–Crippen MR) is 139 cm³/mol. The van der Waals surface area contributed by atoms with Crippen LogP contribution in [0.2, 0.25) is 0 Å². The Kier molecular flexibility index (Phi) is 5.68. The van der Waals surface area contributed by atoms with Crippen LogP contribution >= 0.6 is 11.3 Å². The zero-order valence-electron chi connectivity index (χ0n) is 18.9. The number of hydrogen-bond donors (Lipinski definition) is 0. The van der Waals surface area contributed by atoms with Crippen LogP contribution in [0.3, 0.4) is 0 Å². The molecule has 4 aromatic carbocycles. The number of rotatable bonds is 1. The molecule has 3 nitrogen and oxygen atoms in total. The number of hydrogen-bond acceptors (Lipinski definition) is 4. The summed E-state index contributed by atoms with van der Waals surface area (Å²) in [4.78, 5) is 36.7. The van der Waals surface area contributed by atoms with Crippen molar-refractivity contribution in [1.82, 2.24) is 0 Å². The lowest BCUT2D eigenvalue weighted by Gasteiger charge is -2.16. The molecule has 0 saturated carbocycles. The molecule has 0 saturated heterocycles. The van der Waals surface area contributed by atoms with Crippen molar-refractivity contribution in [3.63, 3.8) is 0 Å². The SMILES string of the molecule is CC(C)c1cccc2c(=O)c3ccccc3sc12.O=C1c2ccccc2C(=O)c2ccccc21. The molecule has 1 aliphatic rings. The van der Waals surface area contributed by atoms with Gasteiger partial charge in [-0.1, -0.05) is 86.6 Å². The van der Waals surface area contributed by atoms with Gasteiger partial charge in [-0.2, -0.15) is 0 Å². The third kappa shape index (κ3) is 3.66. The normalized spacial score (nSPS) is 12.3. The van der Waals surface area contributed by atoms with Crippen molar-refractivity contribution in [2.24, 2.45) is 0 Å². The van der Waals surface area contributed by atoms with Gasteiger partial charge in [-0.3, -0.25) is 14.4 Å². The maximum atomic E-state index is 12.5. The number of carbonyl (C=O) groups is 2. The van der Waals surface area contributed by atoms with Crippen LogP contribution in [-0.4, -0.2) is 11.6 Å². The van der Waals surface area contributed by atoms with E-state index in [0.717, 1.165) is 20.2 Å². The van der Waals surface area contributed by atoms with Crippen LogP contribution in [0.5, 0.6) is 0 Å². The number of fused-ring (bicyclic) bond motifs is 4. The maximum Gasteiger partial charge on any atom is 0.195 e. The van der Waals surface area contributed by atoms with Crippen molar-refractivity contribution in [3.05, 3.63) is 129 Å². The minimum atomic E-state index is -0.0641. The molecule has 4 heteroatoms. The van der Waals surface area contributed by atoms with Crippen molar-refractivity contribution in [2.45, 2.75) is 19.8 Å². The molecule has 0 spiro atoms. The first-order chi connectivity index (χ1) is 16.5. The third-order valence-corrected chi connectivity index (χ3v) is 7.32. The molecule has 1 heterocycles. The third-order valence-electron chi connectivity index (χ3n) is 6.09. The van der Waals surface area contributed by atoms with Crippen molar-refractivity contribution >= 4 is 43.1 Å². The van der Waals surface area contributed by atoms with Crippen LogP contribution in [0.4, 0.5) is 0 Å². The van der Waals surface area contributed by atoms with Crippen molar-refractivity contribution in [2.75, 3.05) is 0 Å². The molecule has 0 bridgehead atoms. The van der Waals surface area contributed by atoms with Gasteiger partial charge >= 0.3 is 0 Å². The second-order valence-electron chi connectivity index (χ2n) is 8.56. The van der Waals surface area contributed by atoms with Gasteiger partial charge in [0.2, 0.25) is 0 Å². The molecule has 34 heavy (non-hydrogen) atoms. The van der Waals surface area contributed by atoms with E-state index in [0.29, 0.717) is 28.2 Å². The Bertz CT molecular complexity index is 1540. The van der Waals surface area contributed by atoms with Gasteiger partial charge in [0.25, 0.3) is 0 Å². The molecular formula is C30H22O3S. The van der Waals surface area contributed by atoms with Gasteiger partial charge in [-0.15, -0.1) is 11.3 Å². The second kappa shape index (κ2) is 8.81. The summed E-state index contributed by atoms with van der Waals surface area (Å²) in [5, 5.41) is 1.68. The smallest absolute Gasteiger partial charge is 0.195 e. The fourth-order valence-corrected chi connectivity index (χ4v) is 5.68. The monoisotopic (exact) mass is 462 g/mol. The molecule has 0 radical (unpaired) electrons. The Labute approximate surface area is 201 Å². The quantitative estimate of drug-likeness (QED) is 0.247. The highest BCUT2D eigenvalue weighted by atomic mass is 32.1. The molecule has 0 aliphatic heterocycles. The fourth-order valence-electron chi connectivity index (χ4n) is 4.35. The molecule has 0 N–H and O–H groups in total.